The number of nitrogens with zero attached hydrogens (tertiary/aromatic N) is 1. The quantitative estimate of drug-likeness (QED) is 0.225. The average molecular weight is 576 g/mol. The lowest BCUT2D eigenvalue weighted by atomic mass is 9.94. The minimum Gasteiger partial charge on any atom is -0.612 e. The Kier molecular flexibility index (Phi) is 11.5. The Morgan fingerprint density at radius 2 is 1.54 bits per heavy atom. The van der Waals surface area contributed by atoms with Gasteiger partial charge >= 0.3 is 5.97 Å². The van der Waals surface area contributed by atoms with E-state index in [4.69, 9.17) is 5.26 Å². The summed E-state index contributed by atoms with van der Waals surface area (Å²) in [6, 6.07) is 22.3. The summed E-state index contributed by atoms with van der Waals surface area (Å²) in [5, 5.41) is 33.7. The zero-order chi connectivity index (χ0) is 29.9. The third-order valence-electron chi connectivity index (χ3n) is 6.63. The number of carbonyl (C=O) groups excluding carboxylic acids is 2. The molecule has 9 nitrogen and oxygen atoms in total. The number of carboxylic acids is 1. The number of aliphatic hydroxyl groups excluding tert-OH is 1. The molecule has 0 fully saturated rings. The molecule has 0 aliphatic carbocycles. The van der Waals surface area contributed by atoms with Gasteiger partial charge in [-0.05, 0) is 90.5 Å². The number of aliphatic carboxylic acids is 1. The smallest absolute Gasteiger partial charge is 0.304 e. The Morgan fingerprint density at radius 1 is 0.951 bits per heavy atom. The largest absolute Gasteiger partial charge is 0.612 e. The maximum Gasteiger partial charge on any atom is 0.304 e. The molecule has 0 saturated heterocycles. The van der Waals surface area contributed by atoms with Crippen molar-refractivity contribution in [2.75, 3.05) is 11.6 Å². The molecule has 0 aromatic heterocycles. The van der Waals surface area contributed by atoms with Gasteiger partial charge in [0.1, 0.15) is 12.3 Å². The number of carboxylic acid groups (broad SMARTS) is 1. The maximum atomic E-state index is 13.0. The molecule has 10 heteroatoms. The first-order valence-electron chi connectivity index (χ1n) is 13.1. The number of hydrogen-bond acceptors (Lipinski definition) is 6. The second-order valence-electron chi connectivity index (χ2n) is 9.77. The fraction of sp³-hybridized carbons (Fsp3) is 0.290. The summed E-state index contributed by atoms with van der Waals surface area (Å²) < 4.78 is 11.6. The molecule has 0 aliphatic heterocycles. The molecule has 0 saturated carbocycles. The Bertz CT molecular complexity index is 1370. The van der Waals surface area contributed by atoms with Gasteiger partial charge in [-0.1, -0.05) is 36.4 Å². The van der Waals surface area contributed by atoms with Crippen molar-refractivity contribution in [1.82, 2.24) is 5.32 Å². The van der Waals surface area contributed by atoms with Gasteiger partial charge in [0, 0.05) is 11.6 Å². The molecule has 0 radical (unpaired) electrons. The number of anilines is 1. The topological polar surface area (TPSA) is 163 Å². The van der Waals surface area contributed by atoms with Crippen LogP contribution in [0.3, 0.4) is 0 Å². The second-order valence-corrected chi connectivity index (χ2v) is 11.1. The van der Waals surface area contributed by atoms with Gasteiger partial charge in [0.05, 0.1) is 24.2 Å². The maximum absolute atomic E-state index is 13.0. The average Bonchev–Trinajstić information content (AvgIpc) is 2.95. The number of hydrogen-bond donors (Lipinski definition) is 4. The van der Waals surface area contributed by atoms with Crippen LogP contribution in [0, 0.1) is 17.2 Å². The van der Waals surface area contributed by atoms with E-state index >= 15 is 0 Å². The predicted molar refractivity (Wildman–Crippen MR) is 156 cm³/mol. The van der Waals surface area contributed by atoms with Gasteiger partial charge in [0.2, 0.25) is 11.8 Å². The van der Waals surface area contributed by atoms with E-state index in [1.165, 1.54) is 13.2 Å². The van der Waals surface area contributed by atoms with Crippen LogP contribution in [-0.4, -0.2) is 51.0 Å². The van der Waals surface area contributed by atoms with Gasteiger partial charge in [-0.2, -0.15) is 5.26 Å². The van der Waals surface area contributed by atoms with Gasteiger partial charge in [0.15, 0.2) is 4.90 Å². The first-order chi connectivity index (χ1) is 19.6. The van der Waals surface area contributed by atoms with Crippen molar-refractivity contribution in [2.45, 2.75) is 49.6 Å². The fourth-order valence-corrected chi connectivity index (χ4v) is 4.84. The highest BCUT2D eigenvalue weighted by atomic mass is 32.2. The second kappa shape index (κ2) is 15.0. The Labute approximate surface area is 242 Å². The predicted octanol–water partition coefficient (Wildman–Crippen LogP) is 3.88. The highest BCUT2D eigenvalue weighted by Gasteiger charge is 2.30. The van der Waals surface area contributed by atoms with Gasteiger partial charge in [-0.25, -0.2) is 0 Å². The van der Waals surface area contributed by atoms with Crippen LogP contribution in [0.15, 0.2) is 77.7 Å². The number of nitrogens with one attached hydrogen (secondary N) is 2. The Balaban J connectivity index is 1.59. The van der Waals surface area contributed by atoms with Gasteiger partial charge in [-0.3, -0.25) is 14.4 Å². The Hall–Kier alpha value is -4.17. The van der Waals surface area contributed by atoms with Crippen LogP contribution < -0.4 is 10.6 Å². The Morgan fingerprint density at radius 3 is 2.05 bits per heavy atom. The van der Waals surface area contributed by atoms with E-state index in [1.807, 2.05) is 36.4 Å². The van der Waals surface area contributed by atoms with Crippen molar-refractivity contribution in [3.8, 4) is 17.2 Å². The van der Waals surface area contributed by atoms with Crippen molar-refractivity contribution >= 4 is 34.6 Å². The molecule has 0 aliphatic rings. The van der Waals surface area contributed by atoms with Crippen LogP contribution in [0.25, 0.3) is 11.1 Å². The zero-order valence-corrected chi connectivity index (χ0v) is 23.7. The van der Waals surface area contributed by atoms with Crippen LogP contribution >= 0.6 is 0 Å². The molecule has 0 heterocycles. The molecule has 3 aromatic rings. The highest BCUT2D eigenvalue weighted by Crippen LogP contribution is 2.22. The minimum atomic E-state index is -1.30. The molecule has 0 bridgehead atoms. The lowest BCUT2D eigenvalue weighted by Crippen LogP contribution is -2.51. The number of carbonyl (C=O) groups is 3. The standard InChI is InChI=1S/C31H33N3O6S/c1-20(35)29(31(39)33-26-14-16-27(17-15-26)41(2)40)34-30(38)25(18-28(36)37)5-3-4-21-6-10-23(11-7-21)24-12-8-22(19-32)9-13-24/h6-17,20,25,29,35H,3-5,18H2,1-2H3,(H,33,39)(H,34,38)(H,36,37). The van der Waals surface area contributed by atoms with Crippen molar-refractivity contribution < 1.29 is 29.1 Å². The minimum absolute atomic E-state index is 0.277. The van der Waals surface area contributed by atoms with E-state index in [0.29, 0.717) is 29.0 Å². The van der Waals surface area contributed by atoms with Crippen molar-refractivity contribution in [3.05, 3.63) is 83.9 Å². The summed E-state index contributed by atoms with van der Waals surface area (Å²) in [5.74, 6) is -3.31. The summed E-state index contributed by atoms with van der Waals surface area (Å²) >= 11 is -1.18. The molecule has 214 valence electrons. The third kappa shape index (κ3) is 9.46. The molecule has 4 unspecified atom stereocenters. The molecule has 41 heavy (non-hydrogen) atoms. The summed E-state index contributed by atoms with van der Waals surface area (Å²) in [5.41, 5.74) is 4.00. The van der Waals surface area contributed by atoms with E-state index in [2.05, 4.69) is 16.7 Å². The van der Waals surface area contributed by atoms with Gasteiger partial charge in [0.25, 0.3) is 0 Å². The monoisotopic (exact) mass is 575 g/mol. The third-order valence-corrected chi connectivity index (χ3v) is 7.56. The number of amides is 2. The normalized spacial score (nSPS) is 13.7. The molecule has 0 spiro atoms. The van der Waals surface area contributed by atoms with Crippen LogP contribution in [0.4, 0.5) is 5.69 Å². The van der Waals surface area contributed by atoms with Crippen LogP contribution in [0.2, 0.25) is 0 Å². The number of nitriles is 1. The van der Waals surface area contributed by atoms with Gasteiger partial charge < -0.3 is 25.4 Å². The summed E-state index contributed by atoms with van der Waals surface area (Å²) in [6.45, 7) is 1.36. The van der Waals surface area contributed by atoms with E-state index in [0.717, 1.165) is 16.7 Å². The number of aryl methyl sites for hydroxylation is 1. The van der Waals surface area contributed by atoms with E-state index in [9.17, 15) is 29.1 Å². The highest BCUT2D eigenvalue weighted by molar-refractivity contribution is 7.90. The SMILES string of the molecule is CC(O)C(NC(=O)C(CCCc1ccc(-c2ccc(C#N)cc2)cc1)CC(=O)O)C(=O)Nc1ccc([S+](C)[O-])cc1. The van der Waals surface area contributed by atoms with E-state index < -0.39 is 53.4 Å². The first kappa shape index (κ1) is 31.4. The number of aliphatic hydroxyl groups is 1. The molecule has 4 atom stereocenters. The lowest BCUT2D eigenvalue weighted by molar-refractivity contribution is -0.141. The number of rotatable bonds is 13. The molecular weight excluding hydrogens is 542 g/mol. The number of benzene rings is 3. The van der Waals surface area contributed by atoms with Crippen molar-refractivity contribution in [3.63, 3.8) is 0 Å². The zero-order valence-electron chi connectivity index (χ0n) is 22.9. The molecule has 3 aromatic carbocycles. The fourth-order valence-electron chi connectivity index (χ4n) is 4.32. The van der Waals surface area contributed by atoms with E-state index in [-0.39, 0.29) is 6.42 Å². The van der Waals surface area contributed by atoms with E-state index in [1.54, 1.807) is 36.4 Å². The molecule has 2 amide bonds. The van der Waals surface area contributed by atoms with Crippen molar-refractivity contribution in [1.29, 1.82) is 5.26 Å². The lowest BCUT2D eigenvalue weighted by Gasteiger charge is -2.23. The van der Waals surface area contributed by atoms with Crippen LogP contribution in [0.1, 0.15) is 37.3 Å². The first-order valence-corrected chi connectivity index (χ1v) is 14.7. The van der Waals surface area contributed by atoms with Crippen LogP contribution in [0.5, 0.6) is 0 Å². The molecule has 4 N–H and O–H groups in total. The van der Waals surface area contributed by atoms with Gasteiger partial charge in [-0.15, -0.1) is 0 Å². The summed E-state index contributed by atoms with van der Waals surface area (Å²) in [4.78, 5) is 37.9. The van der Waals surface area contributed by atoms with Crippen molar-refractivity contribution in [2.24, 2.45) is 5.92 Å². The molecular formula is C31H33N3O6S. The molecule has 3 rings (SSSR count). The summed E-state index contributed by atoms with van der Waals surface area (Å²) in [6.07, 6.45) is 1.33. The summed E-state index contributed by atoms with van der Waals surface area (Å²) in [7, 11) is 0. The van der Waals surface area contributed by atoms with Crippen LogP contribution in [-0.2, 0) is 32.0 Å².